The van der Waals surface area contributed by atoms with Gasteiger partial charge < -0.3 is 15.8 Å². The first kappa shape index (κ1) is 20.7. The maximum absolute atomic E-state index is 11.9. The zero-order valence-electron chi connectivity index (χ0n) is 15.0. The van der Waals surface area contributed by atoms with Gasteiger partial charge in [-0.25, -0.2) is 0 Å². The third-order valence-corrected chi connectivity index (χ3v) is 4.03. The quantitative estimate of drug-likeness (QED) is 0.446. The number of Topliss-reactive ketones (excluding diaryl/α,β-unsaturated/α-hetero) is 1. The summed E-state index contributed by atoms with van der Waals surface area (Å²) in [4.78, 5) is 35.1. The van der Waals surface area contributed by atoms with Crippen molar-refractivity contribution in [3.05, 3.63) is 29.8 Å². The molecule has 0 fully saturated rings. The molecule has 0 bridgehead atoms. The number of methoxy groups -OCH3 is 1. The van der Waals surface area contributed by atoms with Crippen molar-refractivity contribution in [3.8, 4) is 5.75 Å². The number of amides is 2. The number of ether oxygens (including phenoxy) is 1. The van der Waals surface area contributed by atoms with Gasteiger partial charge in [0, 0.05) is 6.42 Å². The molecule has 1 aromatic carbocycles. The van der Waals surface area contributed by atoms with Gasteiger partial charge in [0.1, 0.15) is 11.8 Å². The van der Waals surface area contributed by atoms with Crippen molar-refractivity contribution in [2.45, 2.75) is 57.9 Å². The molecule has 2 amide bonds. The predicted octanol–water partition coefficient (Wildman–Crippen LogP) is 2.14. The number of nitrogens with two attached hydrogens (primary N) is 1. The minimum Gasteiger partial charge on any atom is -0.497 e. The Morgan fingerprint density at radius 1 is 1.12 bits per heavy atom. The SMILES string of the molecule is CCCC[C@H](NC(=O)C(=O)CCCCc1ccc(OC)cc1)C(N)=O. The Labute approximate surface area is 149 Å². The molecule has 1 rings (SSSR count). The van der Waals surface area contributed by atoms with Gasteiger partial charge in [0.2, 0.25) is 11.7 Å². The number of carbonyl (C=O) groups excluding carboxylic acids is 3. The highest BCUT2D eigenvalue weighted by Crippen LogP contribution is 2.13. The molecule has 0 aliphatic rings. The van der Waals surface area contributed by atoms with Crippen molar-refractivity contribution in [2.24, 2.45) is 5.73 Å². The van der Waals surface area contributed by atoms with Crippen LogP contribution in [0.3, 0.4) is 0 Å². The molecule has 0 unspecified atom stereocenters. The number of benzene rings is 1. The van der Waals surface area contributed by atoms with Crippen molar-refractivity contribution in [1.82, 2.24) is 5.32 Å². The Hall–Kier alpha value is -2.37. The second kappa shape index (κ2) is 11.2. The van der Waals surface area contributed by atoms with Crippen molar-refractivity contribution < 1.29 is 19.1 Å². The summed E-state index contributed by atoms with van der Waals surface area (Å²) in [7, 11) is 1.62. The maximum Gasteiger partial charge on any atom is 0.288 e. The molecular weight excluding hydrogens is 320 g/mol. The fourth-order valence-corrected chi connectivity index (χ4v) is 2.45. The molecule has 0 aliphatic carbocycles. The van der Waals surface area contributed by atoms with E-state index in [0.717, 1.165) is 37.0 Å². The summed E-state index contributed by atoms with van der Waals surface area (Å²) in [6, 6.07) is 7.00. The number of aryl methyl sites for hydroxylation is 1. The second-order valence-corrected chi connectivity index (χ2v) is 6.05. The first-order valence-corrected chi connectivity index (χ1v) is 8.73. The summed E-state index contributed by atoms with van der Waals surface area (Å²) < 4.78 is 5.10. The van der Waals surface area contributed by atoms with E-state index in [-0.39, 0.29) is 6.42 Å². The second-order valence-electron chi connectivity index (χ2n) is 6.05. The number of unbranched alkanes of at least 4 members (excludes halogenated alkanes) is 2. The molecule has 0 radical (unpaired) electrons. The van der Waals surface area contributed by atoms with Gasteiger partial charge >= 0.3 is 0 Å². The van der Waals surface area contributed by atoms with E-state index < -0.39 is 23.6 Å². The fourth-order valence-electron chi connectivity index (χ4n) is 2.45. The van der Waals surface area contributed by atoms with Crippen LogP contribution in [0.1, 0.15) is 51.0 Å². The van der Waals surface area contributed by atoms with E-state index in [4.69, 9.17) is 10.5 Å². The summed E-state index contributed by atoms with van der Waals surface area (Å²) in [6.07, 6.45) is 4.54. The lowest BCUT2D eigenvalue weighted by Crippen LogP contribution is -2.46. The molecule has 6 heteroatoms. The number of hydrogen-bond donors (Lipinski definition) is 2. The first-order chi connectivity index (χ1) is 12.0. The number of carbonyl (C=O) groups is 3. The predicted molar refractivity (Wildman–Crippen MR) is 96.2 cm³/mol. The van der Waals surface area contributed by atoms with Gasteiger partial charge in [-0.2, -0.15) is 0 Å². The van der Waals surface area contributed by atoms with Gasteiger partial charge in [0.25, 0.3) is 5.91 Å². The Morgan fingerprint density at radius 3 is 2.36 bits per heavy atom. The Kier molecular flexibility index (Phi) is 9.29. The smallest absolute Gasteiger partial charge is 0.288 e. The summed E-state index contributed by atoms with van der Waals surface area (Å²) >= 11 is 0. The van der Waals surface area contributed by atoms with Crippen LogP contribution >= 0.6 is 0 Å². The Bertz CT molecular complexity index is 569. The van der Waals surface area contributed by atoms with Gasteiger partial charge in [-0.05, 0) is 43.4 Å². The van der Waals surface area contributed by atoms with E-state index >= 15 is 0 Å². The molecule has 0 saturated heterocycles. The van der Waals surface area contributed by atoms with Crippen LogP contribution in [-0.4, -0.2) is 30.7 Å². The lowest BCUT2D eigenvalue weighted by molar-refractivity contribution is -0.139. The van der Waals surface area contributed by atoms with Crippen LogP contribution in [0.25, 0.3) is 0 Å². The lowest BCUT2D eigenvalue weighted by Gasteiger charge is -2.14. The molecule has 3 N–H and O–H groups in total. The highest BCUT2D eigenvalue weighted by molar-refractivity contribution is 6.36. The number of rotatable bonds is 12. The number of nitrogens with one attached hydrogen (secondary N) is 1. The molecule has 25 heavy (non-hydrogen) atoms. The Balaban J connectivity index is 2.32. The van der Waals surface area contributed by atoms with Crippen LogP contribution in [0.4, 0.5) is 0 Å². The number of primary amides is 1. The minimum absolute atomic E-state index is 0.168. The average Bonchev–Trinajstić information content (AvgIpc) is 2.62. The molecule has 6 nitrogen and oxygen atoms in total. The normalized spacial score (nSPS) is 11.6. The fraction of sp³-hybridized carbons (Fsp3) is 0.526. The monoisotopic (exact) mass is 348 g/mol. The van der Waals surface area contributed by atoms with Crippen LogP contribution in [0, 0.1) is 0 Å². The first-order valence-electron chi connectivity index (χ1n) is 8.73. The molecule has 0 heterocycles. The van der Waals surface area contributed by atoms with E-state index in [0.29, 0.717) is 12.8 Å². The number of hydrogen-bond acceptors (Lipinski definition) is 4. The topological polar surface area (TPSA) is 98.5 Å². The van der Waals surface area contributed by atoms with E-state index in [1.54, 1.807) is 7.11 Å². The van der Waals surface area contributed by atoms with Gasteiger partial charge in [-0.1, -0.05) is 31.9 Å². The van der Waals surface area contributed by atoms with E-state index in [2.05, 4.69) is 5.32 Å². The molecule has 1 atom stereocenters. The summed E-state index contributed by atoms with van der Waals surface area (Å²) in [5.41, 5.74) is 6.42. The number of ketones is 1. The average molecular weight is 348 g/mol. The highest BCUT2D eigenvalue weighted by atomic mass is 16.5. The zero-order valence-corrected chi connectivity index (χ0v) is 15.0. The van der Waals surface area contributed by atoms with Gasteiger partial charge in [-0.3, -0.25) is 14.4 Å². The maximum atomic E-state index is 11.9. The molecule has 138 valence electrons. The van der Waals surface area contributed by atoms with Crippen LogP contribution in [0.2, 0.25) is 0 Å². The lowest BCUT2D eigenvalue weighted by atomic mass is 10.0. The molecule has 0 saturated carbocycles. The molecular formula is C19H28N2O4. The Morgan fingerprint density at radius 2 is 1.80 bits per heavy atom. The van der Waals surface area contributed by atoms with Gasteiger partial charge in [0.05, 0.1) is 7.11 Å². The summed E-state index contributed by atoms with van der Waals surface area (Å²) in [5, 5.41) is 2.45. The van der Waals surface area contributed by atoms with E-state index in [1.165, 1.54) is 0 Å². The van der Waals surface area contributed by atoms with Crippen molar-refractivity contribution in [3.63, 3.8) is 0 Å². The van der Waals surface area contributed by atoms with Crippen LogP contribution in [-0.2, 0) is 20.8 Å². The van der Waals surface area contributed by atoms with Crippen molar-refractivity contribution in [2.75, 3.05) is 7.11 Å². The third-order valence-electron chi connectivity index (χ3n) is 4.03. The summed E-state index contributed by atoms with van der Waals surface area (Å²) in [6.45, 7) is 1.98. The molecule has 1 aromatic rings. The molecule has 0 spiro atoms. The largest absolute Gasteiger partial charge is 0.497 e. The van der Waals surface area contributed by atoms with Crippen LogP contribution < -0.4 is 15.8 Å². The van der Waals surface area contributed by atoms with Gasteiger partial charge in [-0.15, -0.1) is 0 Å². The summed E-state index contributed by atoms with van der Waals surface area (Å²) in [5.74, 6) is -1.02. The molecule has 0 aromatic heterocycles. The van der Waals surface area contributed by atoms with Gasteiger partial charge in [0.15, 0.2) is 0 Å². The molecule has 0 aliphatic heterocycles. The minimum atomic E-state index is -0.768. The highest BCUT2D eigenvalue weighted by Gasteiger charge is 2.21. The van der Waals surface area contributed by atoms with Crippen LogP contribution in [0.15, 0.2) is 24.3 Å². The van der Waals surface area contributed by atoms with E-state index in [1.807, 2.05) is 31.2 Å². The zero-order chi connectivity index (χ0) is 18.7. The standard InChI is InChI=1S/C19H28N2O4/c1-3-4-8-16(18(20)23)21-19(24)17(22)9-6-5-7-14-10-12-15(25-2)13-11-14/h10-13,16H,3-9H2,1-2H3,(H2,20,23)(H,21,24)/t16-/m0/s1. The van der Waals surface area contributed by atoms with Crippen LogP contribution in [0.5, 0.6) is 5.75 Å². The van der Waals surface area contributed by atoms with Crippen molar-refractivity contribution >= 4 is 17.6 Å². The third kappa shape index (κ3) is 7.83. The van der Waals surface area contributed by atoms with E-state index in [9.17, 15) is 14.4 Å². The van der Waals surface area contributed by atoms with Crippen molar-refractivity contribution in [1.29, 1.82) is 0 Å².